The number of pyridine rings is 1. The summed E-state index contributed by atoms with van der Waals surface area (Å²) in [5.41, 5.74) is 3.70. The molecule has 1 aromatic carbocycles. The Balaban J connectivity index is 1.48. The number of quaternary nitrogens is 1. The average molecular weight is 354 g/mol. The first-order valence-electron chi connectivity index (χ1n) is 8.53. The topological polar surface area (TPSA) is 72.9 Å². The highest BCUT2D eigenvalue weighted by atomic mass is 16.5. The maximum absolute atomic E-state index is 6.69. The Morgan fingerprint density at radius 2 is 1.89 bits per heavy atom. The van der Waals surface area contributed by atoms with Crippen molar-refractivity contribution < 1.29 is 9.33 Å². The zero-order valence-corrected chi connectivity index (χ0v) is 14.4. The van der Waals surface area contributed by atoms with Crippen LogP contribution in [0.2, 0.25) is 0 Å². The number of hydrogen-bond donors (Lipinski definition) is 1. The average Bonchev–Trinajstić information content (AvgIpc) is 2.95. The zero-order valence-electron chi connectivity index (χ0n) is 14.4. The molecule has 2 aliphatic heterocycles. The predicted octanol–water partition coefficient (Wildman–Crippen LogP) is 3.59. The maximum atomic E-state index is 6.69. The Kier molecular flexibility index (Phi) is 3.46. The van der Waals surface area contributed by atoms with E-state index in [1.807, 2.05) is 60.8 Å². The molecule has 0 saturated heterocycles. The van der Waals surface area contributed by atoms with Gasteiger partial charge in [0.15, 0.2) is 0 Å². The minimum atomic E-state index is 0.00677. The van der Waals surface area contributed by atoms with Gasteiger partial charge in [-0.2, -0.15) is 10.8 Å². The van der Waals surface area contributed by atoms with Crippen molar-refractivity contribution in [1.82, 2.24) is 4.98 Å². The quantitative estimate of drug-likeness (QED) is 0.674. The summed E-state index contributed by atoms with van der Waals surface area (Å²) in [6.07, 6.45) is 14.7. The van der Waals surface area contributed by atoms with Crippen LogP contribution in [-0.2, 0) is 0 Å². The Bertz CT molecular complexity index is 1090. The van der Waals surface area contributed by atoms with Gasteiger partial charge in [0, 0.05) is 11.8 Å². The number of hydrogen-bond acceptors (Lipinski definition) is 5. The summed E-state index contributed by atoms with van der Waals surface area (Å²) < 4.78 is 5.82. The highest BCUT2D eigenvalue weighted by Crippen LogP contribution is 2.36. The number of amidine groups is 1. The zero-order chi connectivity index (χ0) is 18.3. The van der Waals surface area contributed by atoms with E-state index in [0.717, 1.165) is 34.1 Å². The molecular weight excluding hydrogens is 338 g/mol. The number of nitrogens with zero attached hydrogens (tertiary/aromatic N) is 4. The Morgan fingerprint density at radius 1 is 1.04 bits per heavy atom. The van der Waals surface area contributed by atoms with Crippen LogP contribution in [0.5, 0.6) is 11.5 Å². The molecule has 3 aliphatic rings. The molecule has 0 spiro atoms. The lowest BCUT2D eigenvalue weighted by atomic mass is 10.0. The fourth-order valence-corrected chi connectivity index (χ4v) is 3.16. The van der Waals surface area contributed by atoms with Crippen LogP contribution in [0.15, 0.2) is 106 Å². The van der Waals surface area contributed by atoms with Gasteiger partial charge in [0.05, 0.1) is 24.2 Å². The monoisotopic (exact) mass is 354 g/mol. The standard InChI is InChI=1S/C21H16N5O/c22-26-12-11-24-14-19(26)20(15-3-1-4-15)25-21(26)16-6-8-17(9-7-16)27-18-5-2-10-23-13-18/h1-14H,22H2/q+1. The van der Waals surface area contributed by atoms with E-state index in [4.69, 9.17) is 15.6 Å². The number of allylic oxidation sites excluding steroid dienone is 4. The molecule has 0 amide bonds. The van der Waals surface area contributed by atoms with Gasteiger partial charge in [0.25, 0.3) is 5.84 Å². The molecule has 2 aromatic rings. The van der Waals surface area contributed by atoms with Crippen LogP contribution in [-0.4, -0.2) is 21.6 Å². The van der Waals surface area contributed by atoms with Gasteiger partial charge in [-0.15, -0.1) is 4.59 Å². The molecule has 6 heteroatoms. The van der Waals surface area contributed by atoms with Crippen LogP contribution < -0.4 is 10.6 Å². The summed E-state index contributed by atoms with van der Waals surface area (Å²) in [5, 5.41) is 0. The Labute approximate surface area is 156 Å². The highest BCUT2D eigenvalue weighted by Gasteiger charge is 2.44. The van der Waals surface area contributed by atoms with Gasteiger partial charge < -0.3 is 4.74 Å². The minimum Gasteiger partial charge on any atom is -0.456 e. The van der Waals surface area contributed by atoms with Gasteiger partial charge in [-0.25, -0.2) is 0 Å². The molecule has 1 atom stereocenters. The molecule has 3 heterocycles. The molecular formula is C21H16N5O+. The molecule has 0 radical (unpaired) electrons. The van der Waals surface area contributed by atoms with Crippen molar-refractivity contribution in [1.29, 1.82) is 0 Å². The van der Waals surface area contributed by atoms with E-state index in [1.54, 1.807) is 24.8 Å². The van der Waals surface area contributed by atoms with E-state index in [9.17, 15) is 0 Å². The fraction of sp³-hybridized carbons (Fsp3) is 0. The van der Waals surface area contributed by atoms with Crippen LogP contribution in [0.3, 0.4) is 0 Å². The van der Waals surface area contributed by atoms with E-state index < -0.39 is 0 Å². The summed E-state index contributed by atoms with van der Waals surface area (Å²) in [6, 6.07) is 11.4. The summed E-state index contributed by atoms with van der Waals surface area (Å²) in [7, 11) is 0. The molecule has 1 unspecified atom stereocenters. The predicted molar refractivity (Wildman–Crippen MR) is 104 cm³/mol. The van der Waals surface area contributed by atoms with E-state index in [1.165, 1.54) is 0 Å². The van der Waals surface area contributed by atoms with E-state index >= 15 is 0 Å². The summed E-state index contributed by atoms with van der Waals surface area (Å²) >= 11 is 0. The van der Waals surface area contributed by atoms with E-state index in [0.29, 0.717) is 5.75 Å². The van der Waals surface area contributed by atoms with Gasteiger partial charge in [-0.3, -0.25) is 9.98 Å². The van der Waals surface area contributed by atoms with Gasteiger partial charge >= 0.3 is 0 Å². The normalized spacial score (nSPS) is 22.3. The Hall–Kier alpha value is -3.61. The van der Waals surface area contributed by atoms with E-state index in [-0.39, 0.29) is 4.59 Å². The SMILES string of the molecule is N[N+]12C=CN=CC1=C(C1=CC=C1)N=C2c1ccc(Oc2cccnc2)cc1. The van der Waals surface area contributed by atoms with Crippen molar-refractivity contribution >= 4 is 12.1 Å². The van der Waals surface area contributed by atoms with Crippen LogP contribution >= 0.6 is 0 Å². The van der Waals surface area contributed by atoms with E-state index in [2.05, 4.69) is 9.98 Å². The van der Waals surface area contributed by atoms with Crippen LogP contribution in [0, 0.1) is 0 Å². The van der Waals surface area contributed by atoms with Crippen molar-refractivity contribution in [3.05, 3.63) is 102 Å². The smallest absolute Gasteiger partial charge is 0.265 e. The number of ether oxygens (including phenoxy) is 1. The minimum absolute atomic E-state index is 0.00677. The molecule has 1 aliphatic carbocycles. The van der Waals surface area contributed by atoms with Crippen molar-refractivity contribution in [3.63, 3.8) is 0 Å². The van der Waals surface area contributed by atoms with Crippen LogP contribution in [0.1, 0.15) is 5.56 Å². The first-order valence-corrected chi connectivity index (χ1v) is 8.53. The lowest BCUT2D eigenvalue weighted by molar-refractivity contribution is -0.750. The van der Waals surface area contributed by atoms with Crippen molar-refractivity contribution in [2.45, 2.75) is 0 Å². The van der Waals surface area contributed by atoms with Gasteiger partial charge in [-0.1, -0.05) is 18.2 Å². The second-order valence-electron chi connectivity index (χ2n) is 6.32. The lowest BCUT2D eigenvalue weighted by Gasteiger charge is -2.26. The molecule has 130 valence electrons. The third-order valence-electron chi connectivity index (χ3n) is 4.60. The highest BCUT2D eigenvalue weighted by molar-refractivity contribution is 6.01. The van der Waals surface area contributed by atoms with Crippen molar-refractivity contribution in [2.24, 2.45) is 15.8 Å². The largest absolute Gasteiger partial charge is 0.456 e. The molecule has 1 aromatic heterocycles. The van der Waals surface area contributed by atoms with Gasteiger partial charge in [-0.05, 0) is 36.4 Å². The number of nitrogens with two attached hydrogens (primary N) is 1. The second kappa shape index (κ2) is 5.98. The van der Waals surface area contributed by atoms with Crippen LogP contribution in [0.4, 0.5) is 0 Å². The number of rotatable bonds is 4. The molecule has 5 rings (SSSR count). The molecule has 0 fully saturated rings. The van der Waals surface area contributed by atoms with Crippen LogP contribution in [0.25, 0.3) is 0 Å². The van der Waals surface area contributed by atoms with Crippen molar-refractivity contribution in [3.8, 4) is 11.5 Å². The first kappa shape index (κ1) is 15.6. The lowest BCUT2D eigenvalue weighted by Crippen LogP contribution is -2.53. The molecule has 6 nitrogen and oxygen atoms in total. The summed E-state index contributed by atoms with van der Waals surface area (Å²) in [4.78, 5) is 13.1. The molecule has 2 N–H and O–H groups in total. The third kappa shape index (κ3) is 2.55. The Morgan fingerprint density at radius 3 is 2.59 bits per heavy atom. The number of benzene rings is 1. The number of aliphatic imine (C=N–C) groups is 2. The molecule has 0 bridgehead atoms. The number of fused-ring (bicyclic) bond motifs is 1. The first-order chi connectivity index (χ1) is 13.2. The van der Waals surface area contributed by atoms with Gasteiger partial charge in [0.2, 0.25) is 5.70 Å². The molecule has 0 saturated carbocycles. The third-order valence-corrected chi connectivity index (χ3v) is 4.60. The molecule has 27 heavy (non-hydrogen) atoms. The summed E-state index contributed by atoms with van der Waals surface area (Å²) in [6.45, 7) is 0. The number of aromatic nitrogens is 1. The summed E-state index contributed by atoms with van der Waals surface area (Å²) in [5.74, 6) is 8.85. The fourth-order valence-electron chi connectivity index (χ4n) is 3.16. The second-order valence-corrected chi connectivity index (χ2v) is 6.32. The maximum Gasteiger partial charge on any atom is 0.265 e. The van der Waals surface area contributed by atoms with Gasteiger partial charge in [0.1, 0.15) is 23.4 Å². The van der Waals surface area contributed by atoms with Crippen molar-refractivity contribution in [2.75, 3.05) is 0 Å².